The zero-order valence-electron chi connectivity index (χ0n) is 13.0. The molecular weight excluding hydrogens is 339 g/mol. The Balaban J connectivity index is 3.00. The van der Waals surface area contributed by atoms with E-state index in [1.165, 1.54) is 14.2 Å². The van der Waals surface area contributed by atoms with E-state index in [4.69, 9.17) is 15.2 Å². The molecule has 5 N–H and O–H groups in total. The number of benzene rings is 1. The van der Waals surface area contributed by atoms with E-state index in [1.54, 1.807) is 0 Å². The molecule has 0 amide bonds. The lowest BCUT2D eigenvalue weighted by molar-refractivity contribution is 0.0695. The minimum absolute atomic E-state index is 0.121. The number of hydrogen-bond donors (Lipinski definition) is 4. The first-order valence-corrected chi connectivity index (χ1v) is 6.67. The summed E-state index contributed by atoms with van der Waals surface area (Å²) in [6.45, 7) is 0. The Morgan fingerprint density at radius 1 is 1.12 bits per heavy atom. The first-order valence-electron chi connectivity index (χ1n) is 6.67. The van der Waals surface area contributed by atoms with Crippen molar-refractivity contribution < 1.29 is 33.7 Å². The maximum absolute atomic E-state index is 14.2. The first kappa shape index (κ1) is 17.8. The standard InChI is InChI=1S/C15H13FN2O7/c1-24-7-4-5(3-6(16)11(7)25-2)8-9(14(20)21)12(17)18-13(19)10(8)15(22)23/h3-4H,1-2H3,(H,20,21)(H,22,23)(H3,17,18,19). The Morgan fingerprint density at radius 3 is 2.20 bits per heavy atom. The Kier molecular flexibility index (Phi) is 4.63. The lowest BCUT2D eigenvalue weighted by Crippen LogP contribution is -2.24. The molecule has 25 heavy (non-hydrogen) atoms. The maximum atomic E-state index is 14.2. The van der Waals surface area contributed by atoms with Gasteiger partial charge in [-0.25, -0.2) is 14.0 Å². The van der Waals surface area contributed by atoms with Crippen LogP contribution in [0.15, 0.2) is 16.9 Å². The number of carboxylic acids is 2. The van der Waals surface area contributed by atoms with E-state index >= 15 is 0 Å². The summed E-state index contributed by atoms with van der Waals surface area (Å²) in [5.41, 5.74) is 2.06. The molecule has 0 bridgehead atoms. The fourth-order valence-corrected chi connectivity index (χ4v) is 2.40. The summed E-state index contributed by atoms with van der Waals surface area (Å²) in [6.07, 6.45) is 0. The van der Waals surface area contributed by atoms with E-state index < -0.39 is 45.8 Å². The number of nitrogens with one attached hydrogen (secondary N) is 1. The van der Waals surface area contributed by atoms with Crippen molar-refractivity contribution in [3.8, 4) is 22.6 Å². The van der Waals surface area contributed by atoms with Crippen LogP contribution in [0.3, 0.4) is 0 Å². The molecule has 0 fully saturated rings. The zero-order valence-corrected chi connectivity index (χ0v) is 13.0. The van der Waals surface area contributed by atoms with E-state index in [0.29, 0.717) is 0 Å². The van der Waals surface area contributed by atoms with Crippen LogP contribution < -0.4 is 20.8 Å². The number of rotatable bonds is 5. The summed E-state index contributed by atoms with van der Waals surface area (Å²) < 4.78 is 24.0. The summed E-state index contributed by atoms with van der Waals surface area (Å²) in [5.74, 6) is -5.19. The molecule has 1 aromatic heterocycles. The Morgan fingerprint density at radius 2 is 1.72 bits per heavy atom. The number of nitrogen functional groups attached to an aromatic ring is 1. The lowest BCUT2D eigenvalue weighted by Gasteiger charge is -2.15. The molecule has 0 aliphatic carbocycles. The van der Waals surface area contributed by atoms with Gasteiger partial charge in [-0.15, -0.1) is 0 Å². The minimum atomic E-state index is -1.70. The lowest BCUT2D eigenvalue weighted by atomic mass is 9.95. The molecule has 0 spiro atoms. The average Bonchev–Trinajstić information content (AvgIpc) is 2.52. The molecule has 0 atom stereocenters. The van der Waals surface area contributed by atoms with Crippen molar-refractivity contribution in [2.24, 2.45) is 0 Å². The smallest absolute Gasteiger partial charge is 0.342 e. The largest absolute Gasteiger partial charge is 0.493 e. The van der Waals surface area contributed by atoms with E-state index in [2.05, 4.69) is 0 Å². The quantitative estimate of drug-likeness (QED) is 0.626. The number of carboxylic acid groups (broad SMARTS) is 2. The Bertz CT molecular complexity index is 936. The molecule has 0 aliphatic heterocycles. The number of carbonyl (C=O) groups is 2. The van der Waals surface area contributed by atoms with Crippen molar-refractivity contribution in [3.63, 3.8) is 0 Å². The molecule has 0 saturated carbocycles. The van der Waals surface area contributed by atoms with Gasteiger partial charge < -0.3 is 30.4 Å². The predicted molar refractivity (Wildman–Crippen MR) is 83.9 cm³/mol. The number of anilines is 1. The van der Waals surface area contributed by atoms with Crippen LogP contribution in [0, 0.1) is 5.82 Å². The van der Waals surface area contributed by atoms with Crippen molar-refractivity contribution >= 4 is 17.8 Å². The third kappa shape index (κ3) is 2.96. The summed E-state index contributed by atoms with van der Waals surface area (Å²) in [7, 11) is 2.40. The minimum Gasteiger partial charge on any atom is -0.493 e. The van der Waals surface area contributed by atoms with E-state index in [0.717, 1.165) is 12.1 Å². The number of methoxy groups -OCH3 is 2. The molecule has 1 heterocycles. The predicted octanol–water partition coefficient (Wildman–Crippen LogP) is 1.18. The van der Waals surface area contributed by atoms with Gasteiger partial charge in [-0.05, 0) is 17.7 Å². The number of aromatic carboxylic acids is 2. The number of pyridine rings is 1. The molecule has 2 rings (SSSR count). The summed E-state index contributed by atoms with van der Waals surface area (Å²) in [6, 6.07) is 1.98. The van der Waals surface area contributed by atoms with Crippen LogP contribution in [0.4, 0.5) is 10.2 Å². The van der Waals surface area contributed by atoms with Gasteiger partial charge in [-0.1, -0.05) is 0 Å². The molecule has 2 aromatic rings. The maximum Gasteiger partial charge on any atom is 0.342 e. The normalized spacial score (nSPS) is 10.4. The van der Waals surface area contributed by atoms with Crippen LogP contribution in [0.5, 0.6) is 11.5 Å². The molecular formula is C15H13FN2O7. The number of H-pyrrole nitrogens is 1. The SMILES string of the molecule is COc1cc(-c2c(C(=O)O)c(N)[nH]c(=O)c2C(=O)O)cc(F)c1OC. The van der Waals surface area contributed by atoms with Gasteiger partial charge in [0, 0.05) is 5.56 Å². The second kappa shape index (κ2) is 6.51. The second-order valence-corrected chi connectivity index (χ2v) is 4.80. The van der Waals surface area contributed by atoms with Gasteiger partial charge in [0.2, 0.25) is 0 Å². The van der Waals surface area contributed by atoms with Gasteiger partial charge >= 0.3 is 11.9 Å². The Hall–Kier alpha value is -3.56. The van der Waals surface area contributed by atoms with E-state index in [9.17, 15) is 29.0 Å². The van der Waals surface area contributed by atoms with Crippen molar-refractivity contribution in [1.82, 2.24) is 4.98 Å². The van der Waals surface area contributed by atoms with Gasteiger partial charge in [-0.2, -0.15) is 0 Å². The molecule has 0 radical (unpaired) electrons. The highest BCUT2D eigenvalue weighted by molar-refractivity contribution is 6.07. The van der Waals surface area contributed by atoms with Gasteiger partial charge in [0.05, 0.1) is 14.2 Å². The number of halogens is 1. The summed E-state index contributed by atoms with van der Waals surface area (Å²) in [4.78, 5) is 36.9. The van der Waals surface area contributed by atoms with Crippen LogP contribution in [0.1, 0.15) is 20.7 Å². The topological polar surface area (TPSA) is 152 Å². The van der Waals surface area contributed by atoms with Crippen molar-refractivity contribution in [1.29, 1.82) is 0 Å². The number of aromatic nitrogens is 1. The fraction of sp³-hybridized carbons (Fsp3) is 0.133. The monoisotopic (exact) mass is 352 g/mol. The average molecular weight is 352 g/mol. The highest BCUT2D eigenvalue weighted by Gasteiger charge is 2.28. The fourth-order valence-electron chi connectivity index (χ4n) is 2.40. The van der Waals surface area contributed by atoms with Crippen molar-refractivity contribution in [2.75, 3.05) is 20.0 Å². The molecule has 9 nitrogen and oxygen atoms in total. The third-order valence-corrected chi connectivity index (χ3v) is 3.39. The van der Waals surface area contributed by atoms with Gasteiger partial charge in [0.15, 0.2) is 17.3 Å². The van der Waals surface area contributed by atoms with Crippen molar-refractivity contribution in [2.45, 2.75) is 0 Å². The highest BCUT2D eigenvalue weighted by Crippen LogP contribution is 2.38. The number of hydrogen-bond acceptors (Lipinski definition) is 6. The summed E-state index contributed by atoms with van der Waals surface area (Å²) >= 11 is 0. The molecule has 1 aromatic carbocycles. The van der Waals surface area contributed by atoms with Gasteiger partial charge in [0.25, 0.3) is 5.56 Å². The second-order valence-electron chi connectivity index (χ2n) is 4.80. The van der Waals surface area contributed by atoms with Crippen LogP contribution in [-0.2, 0) is 0 Å². The summed E-state index contributed by atoms with van der Waals surface area (Å²) in [5, 5.41) is 18.7. The van der Waals surface area contributed by atoms with Gasteiger partial charge in [-0.3, -0.25) is 4.79 Å². The molecule has 0 unspecified atom stereocenters. The molecule has 132 valence electrons. The number of nitrogens with two attached hydrogens (primary N) is 1. The van der Waals surface area contributed by atoms with Crippen LogP contribution in [-0.4, -0.2) is 41.4 Å². The Labute approximate surface area is 139 Å². The highest BCUT2D eigenvalue weighted by atomic mass is 19.1. The van der Waals surface area contributed by atoms with Gasteiger partial charge in [0.1, 0.15) is 16.9 Å². The van der Waals surface area contributed by atoms with E-state index in [1.807, 2.05) is 4.98 Å². The first-order chi connectivity index (χ1) is 11.7. The van der Waals surface area contributed by atoms with Crippen LogP contribution in [0.2, 0.25) is 0 Å². The number of ether oxygens (including phenoxy) is 2. The molecule has 0 saturated heterocycles. The van der Waals surface area contributed by atoms with Crippen LogP contribution in [0.25, 0.3) is 11.1 Å². The van der Waals surface area contributed by atoms with Crippen LogP contribution >= 0.6 is 0 Å². The van der Waals surface area contributed by atoms with E-state index in [-0.39, 0.29) is 17.1 Å². The zero-order chi connectivity index (χ0) is 18.9. The number of aromatic amines is 1. The molecule has 0 aliphatic rings. The van der Waals surface area contributed by atoms with Crippen molar-refractivity contribution in [3.05, 3.63) is 39.4 Å². The molecule has 10 heteroatoms. The third-order valence-electron chi connectivity index (χ3n) is 3.39.